The predicted octanol–water partition coefficient (Wildman–Crippen LogP) is 5.89. The zero-order valence-electron chi connectivity index (χ0n) is 20.1. The van der Waals surface area contributed by atoms with E-state index in [1.807, 2.05) is 69.3 Å². The highest BCUT2D eigenvalue weighted by atomic mass is 32.2. The number of hydrogen-bond donors (Lipinski definition) is 0. The van der Waals surface area contributed by atoms with Gasteiger partial charge < -0.3 is 9.47 Å². The molecule has 32 heavy (non-hydrogen) atoms. The number of benzene rings is 2. The fourth-order valence-electron chi connectivity index (χ4n) is 2.28. The summed E-state index contributed by atoms with van der Waals surface area (Å²) in [5.41, 5.74) is 0.301. The van der Waals surface area contributed by atoms with E-state index in [9.17, 15) is 13.8 Å². The lowest BCUT2D eigenvalue weighted by molar-refractivity contribution is -0.134. The minimum Gasteiger partial charge on any atom is -0.443 e. The second-order valence-electron chi connectivity index (χ2n) is 9.00. The largest absolute Gasteiger partial charge is 0.443 e. The lowest BCUT2D eigenvalue weighted by Crippen LogP contribution is -2.43. The molecule has 0 N–H and O–H groups in total. The van der Waals surface area contributed by atoms with E-state index in [2.05, 4.69) is 0 Å². The minimum absolute atomic E-state index is 0.198. The molecular weight excluding hydrogens is 426 g/mol. The molecule has 0 radical (unpaired) electrons. The summed E-state index contributed by atoms with van der Waals surface area (Å²) in [7, 11) is -1.48. The van der Waals surface area contributed by atoms with Gasteiger partial charge in [0.1, 0.15) is 22.3 Å². The Kier molecular flexibility index (Phi) is 10.6. The first-order chi connectivity index (χ1) is 14.8. The predicted molar refractivity (Wildman–Crippen MR) is 128 cm³/mol. The molecule has 0 aliphatic rings. The maximum atomic E-state index is 12.6. The van der Waals surface area contributed by atoms with Crippen molar-refractivity contribution in [2.24, 2.45) is 0 Å². The first-order valence-corrected chi connectivity index (χ1v) is 11.7. The molecule has 0 spiro atoms. The number of rotatable bonds is 5. The summed E-state index contributed by atoms with van der Waals surface area (Å²) < 4.78 is 23.7. The van der Waals surface area contributed by atoms with Gasteiger partial charge in [-0.2, -0.15) is 0 Å². The van der Waals surface area contributed by atoms with Gasteiger partial charge in [-0.05, 0) is 59.2 Å². The summed E-state index contributed by atoms with van der Waals surface area (Å²) >= 11 is 0. The number of amides is 1. The zero-order chi connectivity index (χ0) is 24.4. The van der Waals surface area contributed by atoms with Gasteiger partial charge in [0.15, 0.2) is 0 Å². The average Bonchev–Trinajstić information content (AvgIpc) is 2.71. The smallest absolute Gasteiger partial charge is 0.422 e. The molecule has 1 amide bonds. The number of hydrogen-bond acceptors (Lipinski definition) is 5. The van der Waals surface area contributed by atoms with Gasteiger partial charge in [0.25, 0.3) is 0 Å². The Hall–Kier alpha value is -2.67. The van der Waals surface area contributed by atoms with Crippen LogP contribution in [0.2, 0.25) is 0 Å². The lowest BCUT2D eigenvalue weighted by Gasteiger charge is -2.31. The van der Waals surface area contributed by atoms with Gasteiger partial charge in [0.2, 0.25) is 0 Å². The molecule has 2 rings (SSSR count). The third-order valence-corrected chi connectivity index (χ3v) is 5.48. The second kappa shape index (κ2) is 12.4. The Labute approximate surface area is 194 Å². The Morgan fingerprint density at radius 1 is 0.875 bits per heavy atom. The van der Waals surface area contributed by atoms with Crippen molar-refractivity contribution in [3.05, 3.63) is 66.2 Å². The summed E-state index contributed by atoms with van der Waals surface area (Å²) in [4.78, 5) is 23.1. The SMILES string of the molecule is CC(C)(C)OC(=O)N(Cc1ccccc1)S(=O)C(C)(C)C.CCC(=O)Oc1ccccc1. The number of ether oxygens (including phenoxy) is 2. The normalized spacial score (nSPS) is 12.1. The maximum Gasteiger partial charge on any atom is 0.422 e. The van der Waals surface area contributed by atoms with E-state index in [-0.39, 0.29) is 12.5 Å². The molecule has 0 aliphatic heterocycles. The van der Waals surface area contributed by atoms with Crippen LogP contribution in [0.3, 0.4) is 0 Å². The highest BCUT2D eigenvalue weighted by Crippen LogP contribution is 2.21. The van der Waals surface area contributed by atoms with Crippen molar-refractivity contribution in [3.8, 4) is 5.75 Å². The maximum absolute atomic E-state index is 12.6. The van der Waals surface area contributed by atoms with Gasteiger partial charge in [0.05, 0.1) is 11.3 Å². The summed E-state index contributed by atoms with van der Waals surface area (Å²) in [6, 6.07) is 18.5. The number of para-hydroxylation sites is 1. The third-order valence-electron chi connectivity index (χ3n) is 3.75. The molecule has 0 aliphatic carbocycles. The summed E-state index contributed by atoms with van der Waals surface area (Å²) in [6.45, 7) is 12.9. The van der Waals surface area contributed by atoms with Gasteiger partial charge in [-0.15, -0.1) is 0 Å². The van der Waals surface area contributed by atoms with Crippen molar-refractivity contribution in [2.75, 3.05) is 0 Å². The van der Waals surface area contributed by atoms with Crippen molar-refractivity contribution >= 4 is 23.0 Å². The van der Waals surface area contributed by atoms with E-state index in [4.69, 9.17) is 9.47 Å². The molecule has 0 bridgehead atoms. The van der Waals surface area contributed by atoms with E-state index >= 15 is 0 Å². The Morgan fingerprint density at radius 3 is 1.81 bits per heavy atom. The first kappa shape index (κ1) is 27.4. The highest BCUT2D eigenvalue weighted by Gasteiger charge is 2.33. The minimum atomic E-state index is -1.48. The summed E-state index contributed by atoms with van der Waals surface area (Å²) in [6.07, 6.45) is -0.144. The van der Waals surface area contributed by atoms with Crippen molar-refractivity contribution in [1.29, 1.82) is 0 Å². The number of nitrogens with zero attached hydrogens (tertiary/aromatic N) is 1. The van der Waals surface area contributed by atoms with Crippen LogP contribution in [-0.4, -0.2) is 30.9 Å². The zero-order valence-corrected chi connectivity index (χ0v) is 20.9. The quantitative estimate of drug-likeness (QED) is 0.410. The Balaban J connectivity index is 0.000000389. The third kappa shape index (κ3) is 10.6. The van der Waals surface area contributed by atoms with Gasteiger partial charge >= 0.3 is 12.1 Å². The van der Waals surface area contributed by atoms with E-state index in [0.29, 0.717) is 12.2 Å². The van der Waals surface area contributed by atoms with Crippen LogP contribution in [-0.2, 0) is 27.1 Å². The molecule has 176 valence electrons. The molecule has 2 aromatic carbocycles. The van der Waals surface area contributed by atoms with Crippen molar-refractivity contribution in [2.45, 2.75) is 71.8 Å². The molecule has 0 heterocycles. The van der Waals surface area contributed by atoms with Crippen LogP contribution in [0.5, 0.6) is 5.75 Å². The van der Waals surface area contributed by atoms with Crippen LogP contribution in [0.15, 0.2) is 60.7 Å². The van der Waals surface area contributed by atoms with Gasteiger partial charge in [-0.1, -0.05) is 55.5 Å². The molecule has 0 aromatic heterocycles. The Bertz CT molecular complexity index is 871. The molecule has 0 saturated carbocycles. The van der Waals surface area contributed by atoms with Crippen molar-refractivity contribution in [1.82, 2.24) is 4.31 Å². The van der Waals surface area contributed by atoms with Crippen LogP contribution in [0.1, 0.15) is 60.5 Å². The van der Waals surface area contributed by atoms with Gasteiger partial charge in [-0.25, -0.2) is 13.3 Å². The molecule has 1 unspecified atom stereocenters. The molecular formula is C25H35NO5S. The van der Waals surface area contributed by atoms with Crippen LogP contribution in [0.25, 0.3) is 0 Å². The second-order valence-corrected chi connectivity index (χ2v) is 11.2. The topological polar surface area (TPSA) is 72.9 Å². The van der Waals surface area contributed by atoms with Crippen LogP contribution in [0, 0.1) is 0 Å². The highest BCUT2D eigenvalue weighted by molar-refractivity contribution is 7.84. The molecule has 0 saturated heterocycles. The van der Waals surface area contributed by atoms with Gasteiger partial charge in [-0.3, -0.25) is 4.79 Å². The van der Waals surface area contributed by atoms with E-state index in [0.717, 1.165) is 5.56 Å². The van der Waals surface area contributed by atoms with Crippen molar-refractivity contribution < 1.29 is 23.3 Å². The molecule has 1 atom stereocenters. The van der Waals surface area contributed by atoms with E-state index in [1.165, 1.54) is 4.31 Å². The fourth-order valence-corrected chi connectivity index (χ4v) is 3.38. The number of carbonyl (C=O) groups is 2. The standard InChI is InChI=1S/C16H25NO3S.C9H10O2/c1-15(2,3)20-14(18)17(21(19)16(4,5)6)12-13-10-8-7-9-11-13;1-2-9(10)11-8-6-4-3-5-7-8/h7-11H,12H2,1-6H3;3-7H,2H2,1H3. The molecule has 6 nitrogen and oxygen atoms in total. The Morgan fingerprint density at radius 2 is 1.38 bits per heavy atom. The summed E-state index contributed by atoms with van der Waals surface area (Å²) in [5.74, 6) is 0.413. The first-order valence-electron chi connectivity index (χ1n) is 10.6. The summed E-state index contributed by atoms with van der Waals surface area (Å²) in [5, 5.41) is 0. The van der Waals surface area contributed by atoms with Crippen LogP contribution >= 0.6 is 0 Å². The van der Waals surface area contributed by atoms with Gasteiger partial charge in [0, 0.05) is 6.42 Å². The van der Waals surface area contributed by atoms with Crippen molar-refractivity contribution in [3.63, 3.8) is 0 Å². The van der Waals surface area contributed by atoms with Crippen LogP contribution < -0.4 is 4.74 Å². The molecule has 2 aromatic rings. The van der Waals surface area contributed by atoms with Crippen LogP contribution in [0.4, 0.5) is 4.79 Å². The monoisotopic (exact) mass is 461 g/mol. The lowest BCUT2D eigenvalue weighted by atomic mass is 10.2. The number of esters is 1. The van der Waals surface area contributed by atoms with E-state index in [1.54, 1.807) is 39.8 Å². The fraction of sp³-hybridized carbons (Fsp3) is 0.440. The average molecular weight is 462 g/mol. The number of carbonyl (C=O) groups excluding carboxylic acids is 2. The van der Waals surface area contributed by atoms with E-state index < -0.39 is 27.4 Å². The molecule has 7 heteroatoms. The molecule has 0 fully saturated rings.